The maximum absolute atomic E-state index is 12.2. The SMILES string of the molecule is CCC(C)(C)NC(=O)CSc1nc(C(C)C)nc2ccccc12. The van der Waals surface area contributed by atoms with Crippen LogP contribution in [0.25, 0.3) is 10.9 Å². The minimum absolute atomic E-state index is 0.0376. The molecule has 1 N–H and O–H groups in total. The number of aromatic nitrogens is 2. The van der Waals surface area contributed by atoms with E-state index in [1.807, 2.05) is 38.1 Å². The molecular weight excluding hydrogens is 306 g/mol. The lowest BCUT2D eigenvalue weighted by atomic mass is 10.0. The van der Waals surface area contributed by atoms with Crippen LogP contribution in [0.4, 0.5) is 0 Å². The zero-order valence-corrected chi connectivity index (χ0v) is 15.3. The van der Waals surface area contributed by atoms with Crippen molar-refractivity contribution >= 4 is 28.6 Å². The molecule has 0 radical (unpaired) electrons. The van der Waals surface area contributed by atoms with Gasteiger partial charge < -0.3 is 5.32 Å². The number of benzene rings is 1. The summed E-state index contributed by atoms with van der Waals surface area (Å²) in [7, 11) is 0. The lowest BCUT2D eigenvalue weighted by Gasteiger charge is -2.24. The predicted molar refractivity (Wildman–Crippen MR) is 96.9 cm³/mol. The Morgan fingerprint density at radius 1 is 1.26 bits per heavy atom. The van der Waals surface area contributed by atoms with Crippen LogP contribution in [0.5, 0.6) is 0 Å². The molecule has 0 atom stereocenters. The number of amides is 1. The summed E-state index contributed by atoms with van der Waals surface area (Å²) in [6.07, 6.45) is 0.900. The summed E-state index contributed by atoms with van der Waals surface area (Å²) >= 11 is 1.48. The largest absolute Gasteiger partial charge is 0.351 e. The molecule has 2 aromatic rings. The molecule has 0 bridgehead atoms. The summed E-state index contributed by atoms with van der Waals surface area (Å²) in [6.45, 7) is 10.3. The molecule has 0 aliphatic rings. The van der Waals surface area contributed by atoms with E-state index in [0.717, 1.165) is 28.2 Å². The van der Waals surface area contributed by atoms with Gasteiger partial charge in [0.25, 0.3) is 0 Å². The summed E-state index contributed by atoms with van der Waals surface area (Å²) in [5, 5.41) is 4.94. The molecule has 0 saturated heterocycles. The van der Waals surface area contributed by atoms with Gasteiger partial charge in [-0.1, -0.05) is 50.7 Å². The zero-order valence-electron chi connectivity index (χ0n) is 14.5. The maximum Gasteiger partial charge on any atom is 0.230 e. The molecule has 1 amide bonds. The molecule has 0 aliphatic heterocycles. The third-order valence-electron chi connectivity index (χ3n) is 3.80. The van der Waals surface area contributed by atoms with Crippen LogP contribution in [0, 0.1) is 0 Å². The first-order valence-corrected chi connectivity index (χ1v) is 9.01. The summed E-state index contributed by atoms with van der Waals surface area (Å²) in [4.78, 5) is 21.4. The number of para-hydroxylation sites is 1. The van der Waals surface area contributed by atoms with Gasteiger partial charge in [-0.15, -0.1) is 0 Å². The van der Waals surface area contributed by atoms with E-state index in [9.17, 15) is 4.79 Å². The molecule has 0 saturated carbocycles. The van der Waals surface area contributed by atoms with Crippen LogP contribution < -0.4 is 5.32 Å². The van der Waals surface area contributed by atoms with Crippen LogP contribution in [0.3, 0.4) is 0 Å². The molecule has 5 heteroatoms. The number of carbonyl (C=O) groups is 1. The monoisotopic (exact) mass is 331 g/mol. The number of carbonyl (C=O) groups excluding carboxylic acids is 1. The van der Waals surface area contributed by atoms with Gasteiger partial charge in [-0.2, -0.15) is 0 Å². The Balaban J connectivity index is 2.20. The summed E-state index contributed by atoms with van der Waals surface area (Å²) in [6, 6.07) is 7.96. The molecule has 124 valence electrons. The Labute approximate surface area is 142 Å². The van der Waals surface area contributed by atoms with Crippen LogP contribution in [0.1, 0.15) is 52.8 Å². The fraction of sp³-hybridized carbons (Fsp3) is 0.500. The van der Waals surface area contributed by atoms with E-state index in [1.165, 1.54) is 11.8 Å². The van der Waals surface area contributed by atoms with E-state index >= 15 is 0 Å². The summed E-state index contributed by atoms with van der Waals surface area (Å²) in [5.74, 6) is 1.48. The van der Waals surface area contributed by atoms with Crippen molar-refractivity contribution in [2.75, 3.05) is 5.75 Å². The first-order valence-electron chi connectivity index (χ1n) is 8.03. The van der Waals surface area contributed by atoms with Crippen molar-refractivity contribution in [2.45, 2.75) is 57.5 Å². The minimum Gasteiger partial charge on any atom is -0.351 e. The Morgan fingerprint density at radius 2 is 1.96 bits per heavy atom. The zero-order chi connectivity index (χ0) is 17.0. The van der Waals surface area contributed by atoms with Gasteiger partial charge in [0.1, 0.15) is 10.9 Å². The van der Waals surface area contributed by atoms with Gasteiger partial charge in [-0.25, -0.2) is 9.97 Å². The molecule has 2 rings (SSSR count). The van der Waals surface area contributed by atoms with Crippen molar-refractivity contribution < 1.29 is 4.79 Å². The van der Waals surface area contributed by atoms with Crippen LogP contribution in [-0.2, 0) is 4.79 Å². The lowest BCUT2D eigenvalue weighted by molar-refractivity contribution is -0.120. The van der Waals surface area contributed by atoms with E-state index in [2.05, 4.69) is 36.1 Å². The second kappa shape index (κ2) is 7.30. The number of rotatable bonds is 6. The Kier molecular flexibility index (Phi) is 5.63. The number of hydrogen-bond acceptors (Lipinski definition) is 4. The maximum atomic E-state index is 12.2. The van der Waals surface area contributed by atoms with Crippen molar-refractivity contribution in [2.24, 2.45) is 0 Å². The molecule has 0 spiro atoms. The molecule has 1 heterocycles. The average molecular weight is 331 g/mol. The fourth-order valence-corrected chi connectivity index (χ4v) is 2.89. The smallest absolute Gasteiger partial charge is 0.230 e. The normalized spacial score (nSPS) is 11.9. The van der Waals surface area contributed by atoms with Gasteiger partial charge in [-0.05, 0) is 26.3 Å². The van der Waals surface area contributed by atoms with Gasteiger partial charge in [0.05, 0.1) is 11.3 Å². The molecule has 23 heavy (non-hydrogen) atoms. The molecular formula is C18H25N3OS. The first kappa shape index (κ1) is 17.7. The molecule has 1 aromatic heterocycles. The molecule has 0 fully saturated rings. The Hall–Kier alpha value is -1.62. The second-order valence-electron chi connectivity index (χ2n) is 6.63. The topological polar surface area (TPSA) is 54.9 Å². The highest BCUT2D eigenvalue weighted by molar-refractivity contribution is 8.00. The average Bonchev–Trinajstić information content (AvgIpc) is 2.51. The van der Waals surface area contributed by atoms with Gasteiger partial charge in [-0.3, -0.25) is 4.79 Å². The van der Waals surface area contributed by atoms with E-state index in [-0.39, 0.29) is 17.4 Å². The van der Waals surface area contributed by atoms with Gasteiger partial charge in [0.2, 0.25) is 5.91 Å². The summed E-state index contributed by atoms with van der Waals surface area (Å²) < 4.78 is 0. The van der Waals surface area contributed by atoms with E-state index < -0.39 is 0 Å². The number of thioether (sulfide) groups is 1. The van der Waals surface area contributed by atoms with Crippen LogP contribution >= 0.6 is 11.8 Å². The Morgan fingerprint density at radius 3 is 2.61 bits per heavy atom. The highest BCUT2D eigenvalue weighted by Crippen LogP contribution is 2.27. The molecule has 0 aliphatic carbocycles. The van der Waals surface area contributed by atoms with Crippen molar-refractivity contribution in [3.05, 3.63) is 30.1 Å². The van der Waals surface area contributed by atoms with E-state index in [4.69, 9.17) is 0 Å². The second-order valence-corrected chi connectivity index (χ2v) is 7.60. The standard InChI is InChI=1S/C18H25N3OS/c1-6-18(4,5)21-15(22)11-23-17-13-9-7-8-10-14(13)19-16(20-17)12(2)3/h7-10,12H,6,11H2,1-5H3,(H,21,22). The fourth-order valence-electron chi connectivity index (χ4n) is 2.07. The first-order chi connectivity index (χ1) is 10.8. The quantitative estimate of drug-likeness (QED) is 0.638. The van der Waals surface area contributed by atoms with E-state index in [1.54, 1.807) is 0 Å². The number of nitrogens with zero attached hydrogens (tertiary/aromatic N) is 2. The van der Waals surface area contributed by atoms with Crippen molar-refractivity contribution in [1.82, 2.24) is 15.3 Å². The molecule has 1 aromatic carbocycles. The number of hydrogen-bond donors (Lipinski definition) is 1. The van der Waals surface area contributed by atoms with Gasteiger partial charge in [0, 0.05) is 16.8 Å². The van der Waals surface area contributed by atoms with Gasteiger partial charge >= 0.3 is 0 Å². The number of fused-ring (bicyclic) bond motifs is 1. The Bertz CT molecular complexity index is 698. The van der Waals surface area contributed by atoms with E-state index in [0.29, 0.717) is 5.75 Å². The van der Waals surface area contributed by atoms with Crippen LogP contribution in [0.2, 0.25) is 0 Å². The summed E-state index contributed by atoms with van der Waals surface area (Å²) in [5.41, 5.74) is 0.761. The van der Waals surface area contributed by atoms with Crippen LogP contribution in [0.15, 0.2) is 29.3 Å². The van der Waals surface area contributed by atoms with Crippen molar-refractivity contribution in [3.8, 4) is 0 Å². The lowest BCUT2D eigenvalue weighted by Crippen LogP contribution is -2.43. The molecule has 0 unspecified atom stereocenters. The highest BCUT2D eigenvalue weighted by Gasteiger charge is 2.18. The molecule has 4 nitrogen and oxygen atoms in total. The van der Waals surface area contributed by atoms with Crippen molar-refractivity contribution in [3.63, 3.8) is 0 Å². The predicted octanol–water partition coefficient (Wildman–Crippen LogP) is 4.15. The third-order valence-corrected chi connectivity index (χ3v) is 4.79. The third kappa shape index (κ3) is 4.67. The minimum atomic E-state index is -0.172. The van der Waals surface area contributed by atoms with Crippen molar-refractivity contribution in [1.29, 1.82) is 0 Å². The van der Waals surface area contributed by atoms with Crippen LogP contribution in [-0.4, -0.2) is 27.2 Å². The van der Waals surface area contributed by atoms with Gasteiger partial charge in [0.15, 0.2) is 0 Å². The number of nitrogens with one attached hydrogen (secondary N) is 1. The highest BCUT2D eigenvalue weighted by atomic mass is 32.2.